The van der Waals surface area contributed by atoms with Gasteiger partial charge in [-0.1, -0.05) is 12.2 Å². The lowest BCUT2D eigenvalue weighted by molar-refractivity contribution is 0.307. The molecule has 0 aromatic rings. The molecule has 9 heavy (non-hydrogen) atoms. The van der Waals surface area contributed by atoms with Crippen LogP contribution in [0.2, 0.25) is 0 Å². The SMILES string of the molecule is [O]C1=CC=CCC1=C=O. The van der Waals surface area contributed by atoms with Gasteiger partial charge in [-0.3, -0.25) is 5.11 Å². The first-order chi connectivity index (χ1) is 4.34. The zero-order chi connectivity index (χ0) is 6.69. The lowest BCUT2D eigenvalue weighted by Gasteiger charge is -1.96. The van der Waals surface area contributed by atoms with Crippen LogP contribution in [0.15, 0.2) is 29.6 Å². The molecule has 0 N–H and O–H groups in total. The van der Waals surface area contributed by atoms with E-state index in [1.54, 1.807) is 18.1 Å². The highest BCUT2D eigenvalue weighted by Gasteiger charge is 2.06. The number of carbonyl (C=O) groups excluding carboxylic acids is 1. The summed E-state index contributed by atoms with van der Waals surface area (Å²) < 4.78 is 0. The summed E-state index contributed by atoms with van der Waals surface area (Å²) in [4.78, 5) is 9.93. The molecule has 1 aliphatic carbocycles. The Hall–Kier alpha value is -1.27. The van der Waals surface area contributed by atoms with Crippen molar-refractivity contribution in [1.82, 2.24) is 0 Å². The zero-order valence-corrected chi connectivity index (χ0v) is 4.76. The Morgan fingerprint density at radius 3 is 2.78 bits per heavy atom. The van der Waals surface area contributed by atoms with Gasteiger partial charge >= 0.3 is 0 Å². The van der Waals surface area contributed by atoms with E-state index in [1.165, 1.54) is 6.08 Å². The van der Waals surface area contributed by atoms with Gasteiger partial charge in [-0.25, -0.2) is 4.79 Å². The Balaban J connectivity index is 2.96. The molecule has 2 nitrogen and oxygen atoms in total. The van der Waals surface area contributed by atoms with Crippen molar-refractivity contribution in [3.05, 3.63) is 29.6 Å². The highest BCUT2D eigenvalue weighted by atomic mass is 16.3. The molecule has 0 bridgehead atoms. The molecule has 1 aliphatic rings. The van der Waals surface area contributed by atoms with E-state index in [9.17, 15) is 9.90 Å². The highest BCUT2D eigenvalue weighted by molar-refractivity contribution is 5.61. The lowest BCUT2D eigenvalue weighted by Crippen LogP contribution is -1.89. The van der Waals surface area contributed by atoms with E-state index >= 15 is 0 Å². The summed E-state index contributed by atoms with van der Waals surface area (Å²) in [5.74, 6) is 1.37. The minimum Gasteiger partial charge on any atom is -0.289 e. The van der Waals surface area contributed by atoms with Crippen LogP contribution in [0.5, 0.6) is 0 Å². The van der Waals surface area contributed by atoms with Gasteiger partial charge in [-0.15, -0.1) is 0 Å². The molecule has 1 radical (unpaired) electrons. The topological polar surface area (TPSA) is 37.0 Å². The van der Waals surface area contributed by atoms with Crippen LogP contribution in [0, 0.1) is 0 Å². The van der Waals surface area contributed by atoms with E-state index in [0.29, 0.717) is 6.42 Å². The van der Waals surface area contributed by atoms with Gasteiger partial charge in [0.25, 0.3) is 0 Å². The first-order valence-electron chi connectivity index (χ1n) is 2.63. The maximum atomic E-state index is 10.6. The second-order valence-electron chi connectivity index (χ2n) is 1.74. The number of hydrogen-bond donors (Lipinski definition) is 0. The predicted octanol–water partition coefficient (Wildman–Crippen LogP) is 1.02. The van der Waals surface area contributed by atoms with Gasteiger partial charge in [0, 0.05) is 6.42 Å². The number of hydrogen-bond acceptors (Lipinski definition) is 1. The van der Waals surface area contributed by atoms with Crippen molar-refractivity contribution < 1.29 is 9.90 Å². The smallest absolute Gasteiger partial charge is 0.193 e. The van der Waals surface area contributed by atoms with E-state index in [-0.39, 0.29) is 11.3 Å². The van der Waals surface area contributed by atoms with Crippen LogP contribution >= 0.6 is 0 Å². The van der Waals surface area contributed by atoms with Crippen molar-refractivity contribution in [2.24, 2.45) is 0 Å². The van der Waals surface area contributed by atoms with Crippen molar-refractivity contribution in [3.8, 4) is 0 Å². The van der Waals surface area contributed by atoms with E-state index in [2.05, 4.69) is 0 Å². The molecule has 1 rings (SSSR count). The third-order valence-corrected chi connectivity index (χ3v) is 1.13. The fourth-order valence-corrected chi connectivity index (χ4v) is 0.634. The van der Waals surface area contributed by atoms with Gasteiger partial charge in [0.15, 0.2) is 5.76 Å². The summed E-state index contributed by atoms with van der Waals surface area (Å²) in [6.07, 6.45) is 5.19. The number of allylic oxidation sites excluding steroid dienone is 4. The standard InChI is InChI=1S/C7H5O2/c8-5-6-3-1-2-4-7(6)9/h1-2,4H,3H2. The van der Waals surface area contributed by atoms with Crippen LogP contribution in [0.1, 0.15) is 6.42 Å². The normalized spacial score (nSPS) is 16.9. The first-order valence-corrected chi connectivity index (χ1v) is 2.63. The Labute approximate surface area is 52.8 Å². The van der Waals surface area contributed by atoms with Gasteiger partial charge < -0.3 is 0 Å². The molecule has 0 aliphatic heterocycles. The Morgan fingerprint density at radius 2 is 2.33 bits per heavy atom. The average molecular weight is 121 g/mol. The second kappa shape index (κ2) is 2.33. The summed E-state index contributed by atoms with van der Waals surface area (Å²) >= 11 is 0. The summed E-state index contributed by atoms with van der Waals surface area (Å²) in [6.45, 7) is 0. The van der Waals surface area contributed by atoms with Gasteiger partial charge in [0.05, 0.1) is 5.57 Å². The molecule has 0 fully saturated rings. The fraction of sp³-hybridized carbons (Fsp3) is 0.143. The molecular formula is C7H5O2. The summed E-state index contributed by atoms with van der Waals surface area (Å²) in [5, 5.41) is 10.6. The van der Waals surface area contributed by atoms with Gasteiger partial charge in [-0.2, -0.15) is 0 Å². The van der Waals surface area contributed by atoms with E-state index in [4.69, 9.17) is 0 Å². The summed E-state index contributed by atoms with van der Waals surface area (Å²) in [7, 11) is 0. The molecule has 0 aromatic carbocycles. The average Bonchev–Trinajstić information content (AvgIpc) is 1.89. The van der Waals surface area contributed by atoms with Crippen LogP contribution < -0.4 is 0 Å². The molecule has 0 amide bonds. The second-order valence-corrected chi connectivity index (χ2v) is 1.74. The molecule has 0 unspecified atom stereocenters. The monoisotopic (exact) mass is 121 g/mol. The van der Waals surface area contributed by atoms with E-state index in [0.717, 1.165) is 0 Å². The summed E-state index contributed by atoms with van der Waals surface area (Å²) in [6, 6.07) is 0. The minimum atomic E-state index is -0.215. The molecular weight excluding hydrogens is 116 g/mol. The van der Waals surface area contributed by atoms with Crippen LogP contribution in [0.25, 0.3) is 0 Å². The van der Waals surface area contributed by atoms with Gasteiger partial charge in [-0.05, 0) is 6.08 Å². The highest BCUT2D eigenvalue weighted by Crippen LogP contribution is 2.13. The fourth-order valence-electron chi connectivity index (χ4n) is 0.634. The molecule has 0 aromatic heterocycles. The Morgan fingerprint density at radius 1 is 1.56 bits per heavy atom. The van der Waals surface area contributed by atoms with Gasteiger partial charge in [0.1, 0.15) is 5.94 Å². The van der Waals surface area contributed by atoms with E-state index < -0.39 is 0 Å². The molecule has 0 atom stereocenters. The van der Waals surface area contributed by atoms with Crippen LogP contribution in [0.3, 0.4) is 0 Å². The lowest BCUT2D eigenvalue weighted by atomic mass is 10.1. The molecule has 0 spiro atoms. The number of rotatable bonds is 0. The van der Waals surface area contributed by atoms with Crippen molar-refractivity contribution in [2.45, 2.75) is 6.42 Å². The van der Waals surface area contributed by atoms with Crippen molar-refractivity contribution >= 4 is 5.94 Å². The van der Waals surface area contributed by atoms with Gasteiger partial charge in [0.2, 0.25) is 0 Å². The van der Waals surface area contributed by atoms with Crippen molar-refractivity contribution in [2.75, 3.05) is 0 Å². The predicted molar refractivity (Wildman–Crippen MR) is 31.7 cm³/mol. The molecule has 45 valence electrons. The molecule has 0 saturated heterocycles. The van der Waals surface area contributed by atoms with Crippen LogP contribution in [-0.4, -0.2) is 5.94 Å². The largest absolute Gasteiger partial charge is 0.289 e. The van der Waals surface area contributed by atoms with E-state index in [1.807, 2.05) is 0 Å². The maximum absolute atomic E-state index is 10.6. The van der Waals surface area contributed by atoms with Crippen LogP contribution in [-0.2, 0) is 9.90 Å². The first kappa shape index (κ1) is 5.86. The molecule has 2 heteroatoms. The van der Waals surface area contributed by atoms with Crippen molar-refractivity contribution in [1.29, 1.82) is 0 Å². The van der Waals surface area contributed by atoms with Crippen LogP contribution in [0.4, 0.5) is 0 Å². The molecule has 0 heterocycles. The quantitative estimate of drug-likeness (QED) is 0.441. The molecule has 0 saturated carbocycles. The third kappa shape index (κ3) is 1.09. The Bertz CT molecular complexity index is 217. The third-order valence-electron chi connectivity index (χ3n) is 1.13. The summed E-state index contributed by atoms with van der Waals surface area (Å²) in [5.41, 5.74) is 0.220. The van der Waals surface area contributed by atoms with Crippen molar-refractivity contribution in [3.63, 3.8) is 0 Å². The zero-order valence-electron chi connectivity index (χ0n) is 4.76. The maximum Gasteiger partial charge on any atom is 0.193 e. The minimum absolute atomic E-state index is 0.215. The Kier molecular flexibility index (Phi) is 1.52.